The van der Waals surface area contributed by atoms with Crippen molar-refractivity contribution in [1.29, 1.82) is 0 Å². The molecule has 0 atom stereocenters. The van der Waals surface area contributed by atoms with Gasteiger partial charge in [0.2, 0.25) is 15.9 Å². The van der Waals surface area contributed by atoms with Gasteiger partial charge in [-0.25, -0.2) is 13.1 Å². The Hall–Kier alpha value is -1.44. The van der Waals surface area contributed by atoms with E-state index in [1.165, 1.54) is 4.90 Å². The number of amides is 1. The van der Waals surface area contributed by atoms with Crippen LogP contribution in [-0.2, 0) is 14.8 Å². The predicted octanol–water partition coefficient (Wildman–Crippen LogP) is -0.0151. The number of hydrogen-bond acceptors (Lipinski definition) is 4. The highest BCUT2D eigenvalue weighted by atomic mass is 32.2. The van der Waals surface area contributed by atoms with E-state index in [1.807, 2.05) is 0 Å². The van der Waals surface area contributed by atoms with Crippen molar-refractivity contribution in [3.8, 4) is 0 Å². The highest BCUT2D eigenvalue weighted by Crippen LogP contribution is 2.06. The van der Waals surface area contributed by atoms with Crippen molar-refractivity contribution in [2.24, 2.45) is 0 Å². The van der Waals surface area contributed by atoms with Crippen LogP contribution in [0.3, 0.4) is 0 Å². The number of hydrogen-bond donors (Lipinski definition) is 1. The molecule has 0 spiro atoms. The average molecular weight is 299 g/mol. The third-order valence-electron chi connectivity index (χ3n) is 2.74. The molecule has 0 unspecified atom stereocenters. The molecule has 0 bridgehead atoms. The molecule has 0 heterocycles. The molecule has 1 aromatic rings. The number of likely N-dealkylation sites (N-methyl/N-ethyl adjacent to an activating group) is 2. The van der Waals surface area contributed by atoms with Crippen LogP contribution in [0.25, 0.3) is 0 Å². The Morgan fingerprint density at radius 1 is 1.15 bits per heavy atom. The first-order valence-electron chi connectivity index (χ1n) is 6.26. The van der Waals surface area contributed by atoms with E-state index in [2.05, 4.69) is 4.72 Å². The summed E-state index contributed by atoms with van der Waals surface area (Å²) < 4.78 is 26.4. The number of nitrogens with zero attached hydrogens (tertiary/aromatic N) is 2. The van der Waals surface area contributed by atoms with Gasteiger partial charge >= 0.3 is 0 Å². The Morgan fingerprint density at radius 3 is 2.30 bits per heavy atom. The second kappa shape index (κ2) is 7.37. The second-order valence-electron chi connectivity index (χ2n) is 4.74. The van der Waals surface area contributed by atoms with Crippen LogP contribution in [0.1, 0.15) is 0 Å². The zero-order chi connectivity index (χ0) is 15.2. The fraction of sp³-hybridized carbons (Fsp3) is 0.462. The summed E-state index contributed by atoms with van der Waals surface area (Å²) in [6.07, 6.45) is 0. The lowest BCUT2D eigenvalue weighted by Crippen LogP contribution is -2.38. The lowest BCUT2D eigenvalue weighted by atomic mass is 10.4. The van der Waals surface area contributed by atoms with Crippen molar-refractivity contribution in [3.63, 3.8) is 0 Å². The Labute approximate surface area is 120 Å². The van der Waals surface area contributed by atoms with Crippen LogP contribution in [0.2, 0.25) is 0 Å². The predicted molar refractivity (Wildman–Crippen MR) is 77.8 cm³/mol. The van der Waals surface area contributed by atoms with Gasteiger partial charge in [-0.3, -0.25) is 9.69 Å². The lowest BCUT2D eigenvalue weighted by molar-refractivity contribution is -0.129. The van der Waals surface area contributed by atoms with Crippen LogP contribution < -0.4 is 4.72 Å². The summed E-state index contributed by atoms with van der Waals surface area (Å²) in [7, 11) is 1.68. The molecule has 1 aromatic carbocycles. The van der Waals surface area contributed by atoms with E-state index in [0.29, 0.717) is 6.54 Å². The third kappa shape index (κ3) is 5.28. The highest BCUT2D eigenvalue weighted by Gasteiger charge is 2.13. The highest BCUT2D eigenvalue weighted by molar-refractivity contribution is 7.89. The van der Waals surface area contributed by atoms with E-state index in [-0.39, 0.29) is 23.9 Å². The summed E-state index contributed by atoms with van der Waals surface area (Å²) >= 11 is 0. The number of carbonyl (C=O) groups excluding carboxylic acids is 1. The smallest absolute Gasteiger partial charge is 0.240 e. The summed E-state index contributed by atoms with van der Waals surface area (Å²) in [5.41, 5.74) is 0. The SMILES string of the molecule is CN(CCNS(=O)(=O)c1ccccc1)CC(=O)N(C)C. The van der Waals surface area contributed by atoms with Crippen LogP contribution in [0, 0.1) is 0 Å². The first kappa shape index (κ1) is 16.6. The molecule has 1 N–H and O–H groups in total. The lowest BCUT2D eigenvalue weighted by Gasteiger charge is -2.19. The van der Waals surface area contributed by atoms with E-state index in [0.717, 1.165) is 0 Å². The van der Waals surface area contributed by atoms with E-state index in [9.17, 15) is 13.2 Å². The Balaban J connectivity index is 2.43. The van der Waals surface area contributed by atoms with Gasteiger partial charge in [0, 0.05) is 27.2 Å². The summed E-state index contributed by atoms with van der Waals surface area (Å²) in [4.78, 5) is 15.0. The molecule has 0 aliphatic heterocycles. The zero-order valence-corrected chi connectivity index (χ0v) is 12.9. The molecule has 0 fully saturated rings. The molecule has 20 heavy (non-hydrogen) atoms. The van der Waals surface area contributed by atoms with Crippen LogP contribution in [-0.4, -0.2) is 64.9 Å². The Bertz CT molecular complexity index is 529. The van der Waals surface area contributed by atoms with E-state index >= 15 is 0 Å². The van der Waals surface area contributed by atoms with Gasteiger partial charge in [-0.15, -0.1) is 0 Å². The van der Waals surface area contributed by atoms with Gasteiger partial charge in [0.15, 0.2) is 0 Å². The van der Waals surface area contributed by atoms with Gasteiger partial charge in [0.1, 0.15) is 0 Å². The van der Waals surface area contributed by atoms with Crippen molar-refractivity contribution < 1.29 is 13.2 Å². The molecule has 0 radical (unpaired) electrons. The van der Waals surface area contributed by atoms with Crippen LogP contribution in [0.4, 0.5) is 0 Å². The monoisotopic (exact) mass is 299 g/mol. The van der Waals surface area contributed by atoms with Gasteiger partial charge < -0.3 is 4.90 Å². The first-order chi connectivity index (χ1) is 9.33. The maximum absolute atomic E-state index is 11.9. The minimum Gasteiger partial charge on any atom is -0.348 e. The molecule has 0 aliphatic rings. The molecule has 1 amide bonds. The molecule has 1 rings (SSSR count). The Kier molecular flexibility index (Phi) is 6.12. The van der Waals surface area contributed by atoms with Crippen LogP contribution in [0.15, 0.2) is 35.2 Å². The summed E-state index contributed by atoms with van der Waals surface area (Å²) in [5.74, 6) is -0.0154. The average Bonchev–Trinajstić information content (AvgIpc) is 2.39. The van der Waals surface area contributed by atoms with Gasteiger partial charge in [-0.2, -0.15) is 0 Å². The summed E-state index contributed by atoms with van der Waals surface area (Å²) in [6.45, 7) is 0.986. The third-order valence-corrected chi connectivity index (χ3v) is 4.22. The first-order valence-corrected chi connectivity index (χ1v) is 7.74. The standard InChI is InChI=1S/C13H21N3O3S/c1-15(2)13(17)11-16(3)10-9-14-20(18,19)12-7-5-4-6-8-12/h4-8,14H,9-11H2,1-3H3. The minimum absolute atomic E-state index is 0.0154. The van der Waals surface area contributed by atoms with Gasteiger partial charge in [0.25, 0.3) is 0 Å². The number of sulfonamides is 1. The second-order valence-corrected chi connectivity index (χ2v) is 6.50. The van der Waals surface area contributed by atoms with Crippen molar-refractivity contribution in [1.82, 2.24) is 14.5 Å². The molecule has 112 valence electrons. The topological polar surface area (TPSA) is 69.7 Å². The molecular weight excluding hydrogens is 278 g/mol. The Morgan fingerprint density at radius 2 is 1.75 bits per heavy atom. The van der Waals surface area contributed by atoms with Gasteiger partial charge in [-0.1, -0.05) is 18.2 Å². The molecule has 0 aliphatic carbocycles. The van der Waals surface area contributed by atoms with Crippen molar-refractivity contribution in [3.05, 3.63) is 30.3 Å². The molecule has 0 saturated heterocycles. The molecule has 0 saturated carbocycles. The number of benzene rings is 1. The van der Waals surface area contributed by atoms with Crippen molar-refractivity contribution >= 4 is 15.9 Å². The maximum Gasteiger partial charge on any atom is 0.240 e. The van der Waals surface area contributed by atoms with Crippen molar-refractivity contribution in [2.75, 3.05) is 40.8 Å². The number of nitrogens with one attached hydrogen (secondary N) is 1. The summed E-state index contributed by atoms with van der Waals surface area (Å²) in [5, 5.41) is 0. The number of rotatable bonds is 7. The van der Waals surface area contributed by atoms with Crippen LogP contribution in [0.5, 0.6) is 0 Å². The van der Waals surface area contributed by atoms with Crippen LogP contribution >= 0.6 is 0 Å². The minimum atomic E-state index is -3.47. The number of carbonyl (C=O) groups is 1. The molecule has 0 aromatic heterocycles. The largest absolute Gasteiger partial charge is 0.348 e. The quantitative estimate of drug-likeness (QED) is 0.768. The normalized spacial score (nSPS) is 11.6. The molecule has 6 nitrogen and oxygen atoms in total. The summed E-state index contributed by atoms with van der Waals surface area (Å²) in [6, 6.07) is 8.20. The maximum atomic E-state index is 11.9. The van der Waals surface area contributed by atoms with Gasteiger partial charge in [-0.05, 0) is 19.2 Å². The van der Waals surface area contributed by atoms with E-state index in [1.54, 1.807) is 56.4 Å². The fourth-order valence-corrected chi connectivity index (χ4v) is 2.55. The zero-order valence-electron chi connectivity index (χ0n) is 12.0. The van der Waals surface area contributed by atoms with Gasteiger partial charge in [0.05, 0.1) is 11.4 Å². The molecular formula is C13H21N3O3S. The molecule has 7 heteroatoms. The van der Waals surface area contributed by atoms with Crippen molar-refractivity contribution in [2.45, 2.75) is 4.90 Å². The fourth-order valence-electron chi connectivity index (χ4n) is 1.51. The van der Waals surface area contributed by atoms with E-state index < -0.39 is 10.0 Å². The van der Waals surface area contributed by atoms with E-state index in [4.69, 9.17) is 0 Å².